The summed E-state index contributed by atoms with van der Waals surface area (Å²) in [5.41, 5.74) is 9.08. The number of rotatable bonds is 48. The van der Waals surface area contributed by atoms with Gasteiger partial charge in [0, 0.05) is 25.6 Å². The molecule has 0 amide bonds. The number of hydrogen-bond donors (Lipinski definition) is 3. The highest BCUT2D eigenvalue weighted by Crippen LogP contribution is 2.40. The first kappa shape index (κ1) is 57.6. The van der Waals surface area contributed by atoms with E-state index in [-0.39, 0.29) is 19.4 Å². The highest BCUT2D eigenvalue weighted by atomic mass is 31.2. The maximum atomic E-state index is 11.2. The Hall–Kier alpha value is -2.37. The zero-order valence-corrected chi connectivity index (χ0v) is 39.7. The summed E-state index contributed by atoms with van der Waals surface area (Å²) in [6.07, 6.45) is 15.3. The molecule has 362 valence electrons. The Labute approximate surface area is 373 Å². The maximum absolute atomic E-state index is 11.2. The summed E-state index contributed by atoms with van der Waals surface area (Å²) < 4.78 is 74.1. The van der Waals surface area contributed by atoms with Crippen molar-refractivity contribution >= 4 is 7.37 Å². The summed E-state index contributed by atoms with van der Waals surface area (Å²) in [6.45, 7) is 16.8. The van der Waals surface area contributed by atoms with Crippen molar-refractivity contribution in [2.45, 2.75) is 104 Å². The van der Waals surface area contributed by atoms with Gasteiger partial charge in [-0.05, 0) is 37.0 Å². The van der Waals surface area contributed by atoms with Crippen LogP contribution in [0.3, 0.4) is 0 Å². The van der Waals surface area contributed by atoms with E-state index in [1.807, 2.05) is 12.1 Å². The Morgan fingerprint density at radius 2 is 0.935 bits per heavy atom. The molecular weight excluding hydrogens is 821 g/mol. The summed E-state index contributed by atoms with van der Waals surface area (Å²) in [5.74, 6) is 2.11. The molecule has 1 aromatic carbocycles. The third-order valence-corrected chi connectivity index (χ3v) is 10.1. The zero-order valence-electron chi connectivity index (χ0n) is 38.8. The van der Waals surface area contributed by atoms with Gasteiger partial charge >= 0.3 is 0 Å². The minimum atomic E-state index is -3.02. The molecule has 1 unspecified atom stereocenters. The topological polar surface area (TPSA) is 187 Å². The first-order chi connectivity index (χ1) is 30.3. The molecule has 1 aromatic rings. The molecule has 0 aromatic heterocycles. The summed E-state index contributed by atoms with van der Waals surface area (Å²) >= 11 is 0. The van der Waals surface area contributed by atoms with Gasteiger partial charge in [-0.25, -0.2) is 5.53 Å². The maximum Gasteiger partial charge on any atom is 0.203 e. The fourth-order valence-electron chi connectivity index (χ4n) is 5.56. The van der Waals surface area contributed by atoms with Crippen molar-refractivity contribution in [2.75, 3.05) is 138 Å². The molecule has 0 saturated heterocycles. The van der Waals surface area contributed by atoms with Gasteiger partial charge in [-0.1, -0.05) is 78.6 Å². The highest BCUT2D eigenvalue weighted by Gasteiger charge is 2.16. The first-order valence-corrected chi connectivity index (χ1v) is 25.4. The van der Waals surface area contributed by atoms with Gasteiger partial charge in [-0.2, -0.15) is 5.11 Å². The Kier molecular flexibility index (Phi) is 39.6. The van der Waals surface area contributed by atoms with Gasteiger partial charge in [0.15, 0.2) is 18.9 Å². The van der Waals surface area contributed by atoms with E-state index in [9.17, 15) is 9.46 Å². The molecule has 0 saturated carbocycles. The van der Waals surface area contributed by atoms with Crippen LogP contribution < -0.4 is 19.5 Å². The van der Waals surface area contributed by atoms with Crippen molar-refractivity contribution in [1.82, 2.24) is 5.32 Å². The Morgan fingerprint density at radius 3 is 1.31 bits per heavy atom. The molecule has 0 aliphatic heterocycles. The van der Waals surface area contributed by atoms with Crippen LogP contribution in [0.25, 0.3) is 0 Å². The van der Waals surface area contributed by atoms with Crippen molar-refractivity contribution in [2.24, 2.45) is 5.11 Å². The molecular formula is C45H84N3O13P. The van der Waals surface area contributed by atoms with Crippen LogP contribution in [-0.4, -0.2) is 143 Å². The van der Waals surface area contributed by atoms with Crippen molar-refractivity contribution < 1.29 is 61.6 Å². The molecule has 62 heavy (non-hydrogen) atoms. The number of unbranched alkanes of at least 4 members (excludes halogenated alkanes) is 9. The van der Waals surface area contributed by atoms with Gasteiger partial charge in [-0.3, -0.25) is 4.57 Å². The second-order valence-electron chi connectivity index (χ2n) is 14.9. The number of benzene rings is 1. The SMILES string of the molecule is CCCCCCOc1cc(CN/C=C(/COCCOCCOCCOCCOCCOCCOCCOCCP(C)(=O)O)N=N)cc(OCCCCCC)c1OCCCCCC. The quantitative estimate of drug-likeness (QED) is 0.0321. The van der Waals surface area contributed by atoms with E-state index in [1.165, 1.54) is 45.2 Å². The molecule has 0 bridgehead atoms. The van der Waals surface area contributed by atoms with E-state index in [4.69, 9.17) is 57.6 Å². The Morgan fingerprint density at radius 1 is 0.565 bits per heavy atom. The van der Waals surface area contributed by atoms with Gasteiger partial charge in [0.05, 0.1) is 126 Å². The standard InChI is InChI=1S/C45H84N3O13P/c1-5-8-11-14-17-59-43-36-41(37-44(60-18-15-12-9-6-2)45(43)61-19-16-13-10-7-3)38-47-39-42(48-46)40-58-33-32-56-29-28-54-25-24-52-21-20-51-22-23-53-26-27-55-30-31-57-34-35-62(4,49)50/h36-37,39,46-47H,5-35,38,40H2,1-4H3,(H,49,50)/b42-39-,48-46?. The third-order valence-electron chi connectivity index (χ3n) is 9.06. The smallest absolute Gasteiger partial charge is 0.203 e. The average Bonchev–Trinajstić information content (AvgIpc) is 3.25. The lowest BCUT2D eigenvalue weighted by Crippen LogP contribution is -2.15. The van der Waals surface area contributed by atoms with Crippen LogP contribution in [0, 0.1) is 5.53 Å². The second kappa shape index (κ2) is 42.6. The molecule has 0 heterocycles. The Balaban J connectivity index is 2.27. The van der Waals surface area contributed by atoms with Crippen molar-refractivity contribution in [1.29, 1.82) is 5.53 Å². The summed E-state index contributed by atoms with van der Waals surface area (Å²) in [7, 11) is -3.02. The van der Waals surface area contributed by atoms with E-state index in [0.717, 1.165) is 44.1 Å². The number of nitrogens with one attached hydrogen (secondary N) is 2. The van der Waals surface area contributed by atoms with Crippen LogP contribution in [0.2, 0.25) is 0 Å². The Bertz CT molecular complexity index is 1220. The van der Waals surface area contributed by atoms with Crippen molar-refractivity contribution in [3.05, 3.63) is 29.6 Å². The fourth-order valence-corrected chi connectivity index (χ4v) is 6.03. The van der Waals surface area contributed by atoms with Gasteiger partial charge < -0.3 is 62.3 Å². The molecule has 16 nitrogen and oxygen atoms in total. The van der Waals surface area contributed by atoms with Gasteiger partial charge in [0.2, 0.25) is 5.75 Å². The average molecular weight is 906 g/mol. The molecule has 0 spiro atoms. The van der Waals surface area contributed by atoms with Crippen molar-refractivity contribution in [3.8, 4) is 17.2 Å². The molecule has 0 aliphatic rings. The van der Waals surface area contributed by atoms with Crippen LogP contribution in [0.15, 0.2) is 29.1 Å². The summed E-state index contributed by atoms with van der Waals surface area (Å²) in [6, 6.07) is 4.06. The molecule has 17 heteroatoms. The van der Waals surface area contributed by atoms with E-state index in [1.54, 1.807) is 6.20 Å². The van der Waals surface area contributed by atoms with Crippen LogP contribution >= 0.6 is 7.37 Å². The summed E-state index contributed by atoms with van der Waals surface area (Å²) in [4.78, 5) is 9.19. The predicted octanol–water partition coefficient (Wildman–Crippen LogP) is 8.56. The molecule has 0 fully saturated rings. The lowest BCUT2D eigenvalue weighted by atomic mass is 10.1. The molecule has 0 radical (unpaired) electrons. The number of ether oxygens (including phenoxy) is 11. The van der Waals surface area contributed by atoms with Gasteiger partial charge in [-0.15, -0.1) is 0 Å². The van der Waals surface area contributed by atoms with Gasteiger partial charge in [0.25, 0.3) is 0 Å². The molecule has 3 N–H and O–H groups in total. The van der Waals surface area contributed by atoms with Crippen LogP contribution in [0.4, 0.5) is 0 Å². The van der Waals surface area contributed by atoms with Crippen LogP contribution in [0.5, 0.6) is 17.2 Å². The monoisotopic (exact) mass is 906 g/mol. The fraction of sp³-hybridized carbons (Fsp3) is 0.822. The number of hydrogen-bond acceptors (Lipinski definition) is 15. The summed E-state index contributed by atoms with van der Waals surface area (Å²) in [5, 5.41) is 6.92. The van der Waals surface area contributed by atoms with E-state index in [2.05, 4.69) is 31.2 Å². The van der Waals surface area contributed by atoms with Crippen LogP contribution in [0.1, 0.15) is 103 Å². The lowest BCUT2D eigenvalue weighted by Gasteiger charge is -2.19. The zero-order chi connectivity index (χ0) is 45.0. The van der Waals surface area contributed by atoms with E-state index < -0.39 is 7.37 Å². The largest absolute Gasteiger partial charge is 0.490 e. The van der Waals surface area contributed by atoms with Crippen LogP contribution in [-0.2, 0) is 49.0 Å². The molecule has 1 atom stereocenters. The first-order valence-electron chi connectivity index (χ1n) is 23.1. The highest BCUT2D eigenvalue weighted by molar-refractivity contribution is 7.57. The number of nitrogens with zero attached hydrogens (tertiary/aromatic N) is 1. The van der Waals surface area contributed by atoms with E-state index >= 15 is 0 Å². The third kappa shape index (κ3) is 36.0. The lowest BCUT2D eigenvalue weighted by molar-refractivity contribution is -0.0224. The second-order valence-corrected chi connectivity index (χ2v) is 17.4. The van der Waals surface area contributed by atoms with E-state index in [0.29, 0.717) is 142 Å². The predicted molar refractivity (Wildman–Crippen MR) is 243 cm³/mol. The normalized spacial score (nSPS) is 12.7. The minimum absolute atomic E-state index is 0.151. The van der Waals surface area contributed by atoms with Crippen molar-refractivity contribution in [3.63, 3.8) is 0 Å². The molecule has 0 aliphatic carbocycles. The molecule has 1 rings (SSSR count). The van der Waals surface area contributed by atoms with Gasteiger partial charge in [0.1, 0.15) is 5.70 Å². The minimum Gasteiger partial charge on any atom is -0.490 e.